The van der Waals surface area contributed by atoms with Crippen LogP contribution in [-0.4, -0.2) is 13.0 Å². The Morgan fingerprint density at radius 1 is 1.00 bits per heavy atom. The zero-order valence-electron chi connectivity index (χ0n) is 14.2. The summed E-state index contributed by atoms with van der Waals surface area (Å²) >= 11 is 3.45. The van der Waals surface area contributed by atoms with Gasteiger partial charge in [0.15, 0.2) is 11.5 Å². The van der Waals surface area contributed by atoms with Crippen molar-refractivity contribution in [2.75, 3.05) is 12.4 Å². The fourth-order valence-corrected chi connectivity index (χ4v) is 3.07. The van der Waals surface area contributed by atoms with Gasteiger partial charge in [0, 0.05) is 11.3 Å². The smallest absolute Gasteiger partial charge is 0.255 e. The van der Waals surface area contributed by atoms with Crippen molar-refractivity contribution in [1.29, 1.82) is 0 Å². The molecule has 0 bridgehead atoms. The van der Waals surface area contributed by atoms with Gasteiger partial charge in [0.25, 0.3) is 5.91 Å². The Morgan fingerprint density at radius 2 is 1.65 bits per heavy atom. The van der Waals surface area contributed by atoms with E-state index in [1.165, 1.54) is 0 Å². The van der Waals surface area contributed by atoms with Crippen LogP contribution in [0.4, 0.5) is 5.69 Å². The van der Waals surface area contributed by atoms with E-state index in [0.29, 0.717) is 28.1 Å². The van der Waals surface area contributed by atoms with Crippen LogP contribution in [0.3, 0.4) is 0 Å². The highest BCUT2D eigenvalue weighted by molar-refractivity contribution is 9.10. The van der Waals surface area contributed by atoms with Crippen LogP contribution in [0.1, 0.15) is 15.9 Å². The lowest BCUT2D eigenvalue weighted by atomic mass is 10.1. The number of hydrogen-bond donors (Lipinski definition) is 1. The summed E-state index contributed by atoms with van der Waals surface area (Å²) in [6, 6.07) is 22.5. The predicted octanol–water partition coefficient (Wildman–Crippen LogP) is 5.29. The zero-order valence-corrected chi connectivity index (χ0v) is 15.8. The minimum atomic E-state index is -0.218. The fraction of sp³-hybridized carbons (Fsp3) is 0.0952. The summed E-state index contributed by atoms with van der Waals surface area (Å²) in [5, 5.41) is 2.87. The molecule has 0 heterocycles. The van der Waals surface area contributed by atoms with Gasteiger partial charge in [-0.2, -0.15) is 0 Å². The van der Waals surface area contributed by atoms with E-state index in [4.69, 9.17) is 9.47 Å². The zero-order chi connectivity index (χ0) is 18.4. The summed E-state index contributed by atoms with van der Waals surface area (Å²) in [7, 11) is 1.57. The molecular formula is C21H18BrNO3. The minimum Gasteiger partial charge on any atom is -0.492 e. The van der Waals surface area contributed by atoms with Gasteiger partial charge >= 0.3 is 0 Å². The number of halogens is 1. The first kappa shape index (κ1) is 18.0. The van der Waals surface area contributed by atoms with Crippen LogP contribution in [-0.2, 0) is 6.61 Å². The Hall–Kier alpha value is -2.79. The highest BCUT2D eigenvalue weighted by atomic mass is 79.9. The largest absolute Gasteiger partial charge is 0.492 e. The molecular weight excluding hydrogens is 394 g/mol. The second-order valence-corrected chi connectivity index (χ2v) is 6.44. The van der Waals surface area contributed by atoms with Crippen molar-refractivity contribution in [3.05, 3.63) is 88.4 Å². The number of carbonyl (C=O) groups excluding carboxylic acids is 1. The number of para-hydroxylation sites is 1. The number of ether oxygens (including phenoxy) is 2. The summed E-state index contributed by atoms with van der Waals surface area (Å²) in [4.78, 5) is 12.6. The summed E-state index contributed by atoms with van der Waals surface area (Å²) in [5.74, 6) is 0.838. The molecule has 0 radical (unpaired) electrons. The first-order valence-corrected chi connectivity index (χ1v) is 8.87. The molecule has 0 aliphatic rings. The molecule has 0 saturated heterocycles. The van der Waals surface area contributed by atoms with Crippen LogP contribution in [0, 0.1) is 0 Å². The normalized spacial score (nSPS) is 10.2. The molecule has 1 N–H and O–H groups in total. The maximum absolute atomic E-state index is 12.6. The number of benzene rings is 3. The molecule has 0 aliphatic carbocycles. The van der Waals surface area contributed by atoms with Crippen LogP contribution in [0.5, 0.6) is 11.5 Å². The number of nitrogens with one attached hydrogen (secondary N) is 1. The van der Waals surface area contributed by atoms with E-state index in [0.717, 1.165) is 11.3 Å². The van der Waals surface area contributed by atoms with Crippen LogP contribution >= 0.6 is 15.9 Å². The van der Waals surface area contributed by atoms with Crippen LogP contribution in [0.25, 0.3) is 0 Å². The molecule has 0 fully saturated rings. The van der Waals surface area contributed by atoms with Gasteiger partial charge in [-0.1, -0.05) is 48.5 Å². The number of methoxy groups -OCH3 is 1. The van der Waals surface area contributed by atoms with Gasteiger partial charge in [0.1, 0.15) is 6.61 Å². The highest BCUT2D eigenvalue weighted by Gasteiger charge is 2.16. The summed E-state index contributed by atoms with van der Waals surface area (Å²) in [6.07, 6.45) is 0. The van der Waals surface area contributed by atoms with E-state index in [2.05, 4.69) is 21.2 Å². The third-order valence-corrected chi connectivity index (χ3v) is 4.33. The van der Waals surface area contributed by atoms with Crippen molar-refractivity contribution >= 4 is 27.5 Å². The lowest BCUT2D eigenvalue weighted by Gasteiger charge is -2.14. The molecule has 3 aromatic carbocycles. The predicted molar refractivity (Wildman–Crippen MR) is 106 cm³/mol. The van der Waals surface area contributed by atoms with E-state index >= 15 is 0 Å². The van der Waals surface area contributed by atoms with E-state index < -0.39 is 0 Å². The molecule has 0 aliphatic heterocycles. The molecule has 4 nitrogen and oxygen atoms in total. The number of rotatable bonds is 6. The van der Waals surface area contributed by atoms with Gasteiger partial charge in [-0.25, -0.2) is 0 Å². The second kappa shape index (κ2) is 8.54. The summed E-state index contributed by atoms with van der Waals surface area (Å²) in [5.41, 5.74) is 2.24. The summed E-state index contributed by atoms with van der Waals surface area (Å²) < 4.78 is 12.0. The molecule has 0 saturated carbocycles. The molecule has 0 spiro atoms. The van der Waals surface area contributed by atoms with Crippen molar-refractivity contribution in [2.24, 2.45) is 0 Å². The first-order valence-electron chi connectivity index (χ1n) is 8.08. The molecule has 0 aromatic heterocycles. The topological polar surface area (TPSA) is 47.6 Å². The Labute approximate surface area is 160 Å². The van der Waals surface area contributed by atoms with Crippen molar-refractivity contribution < 1.29 is 14.3 Å². The quantitative estimate of drug-likeness (QED) is 0.599. The Kier molecular flexibility index (Phi) is 5.92. The van der Waals surface area contributed by atoms with Crippen molar-refractivity contribution in [2.45, 2.75) is 6.61 Å². The summed E-state index contributed by atoms with van der Waals surface area (Å²) in [6.45, 7) is 0.382. The number of amides is 1. The van der Waals surface area contributed by atoms with Crippen molar-refractivity contribution in [1.82, 2.24) is 0 Å². The van der Waals surface area contributed by atoms with E-state index in [1.807, 2.05) is 60.7 Å². The first-order chi connectivity index (χ1) is 12.7. The number of hydrogen-bond acceptors (Lipinski definition) is 3. The van der Waals surface area contributed by atoms with Gasteiger partial charge in [-0.05, 0) is 45.8 Å². The minimum absolute atomic E-state index is 0.218. The Balaban J connectivity index is 1.83. The molecule has 3 aromatic rings. The van der Waals surface area contributed by atoms with Crippen molar-refractivity contribution in [3.63, 3.8) is 0 Å². The van der Waals surface area contributed by atoms with Crippen LogP contribution in [0.15, 0.2) is 77.3 Å². The average Bonchev–Trinajstić information content (AvgIpc) is 2.67. The fourth-order valence-electron chi connectivity index (χ4n) is 2.46. The third kappa shape index (κ3) is 4.43. The molecule has 0 atom stereocenters. The molecule has 26 heavy (non-hydrogen) atoms. The highest BCUT2D eigenvalue weighted by Crippen LogP contribution is 2.37. The lowest BCUT2D eigenvalue weighted by molar-refractivity contribution is 0.102. The molecule has 5 heteroatoms. The number of carbonyl (C=O) groups is 1. The lowest BCUT2D eigenvalue weighted by Crippen LogP contribution is -2.12. The van der Waals surface area contributed by atoms with Crippen LogP contribution < -0.4 is 14.8 Å². The average molecular weight is 412 g/mol. The van der Waals surface area contributed by atoms with Gasteiger partial charge in [-0.3, -0.25) is 4.79 Å². The third-order valence-electron chi connectivity index (χ3n) is 3.74. The SMILES string of the molecule is COc1c(Br)cc(C(=O)Nc2ccccc2)cc1OCc1ccccc1. The second-order valence-electron chi connectivity index (χ2n) is 5.58. The van der Waals surface area contributed by atoms with Crippen molar-refractivity contribution in [3.8, 4) is 11.5 Å². The van der Waals surface area contributed by atoms with E-state index in [-0.39, 0.29) is 5.91 Å². The molecule has 0 unspecified atom stereocenters. The van der Waals surface area contributed by atoms with Gasteiger partial charge in [-0.15, -0.1) is 0 Å². The van der Waals surface area contributed by atoms with Gasteiger partial charge in [0.2, 0.25) is 0 Å². The van der Waals surface area contributed by atoms with E-state index in [1.54, 1.807) is 19.2 Å². The molecule has 132 valence electrons. The molecule has 3 rings (SSSR count). The monoisotopic (exact) mass is 411 g/mol. The maximum Gasteiger partial charge on any atom is 0.255 e. The van der Waals surface area contributed by atoms with Gasteiger partial charge in [0.05, 0.1) is 11.6 Å². The Bertz CT molecular complexity index is 883. The van der Waals surface area contributed by atoms with Gasteiger partial charge < -0.3 is 14.8 Å². The van der Waals surface area contributed by atoms with E-state index in [9.17, 15) is 4.79 Å². The number of anilines is 1. The Morgan fingerprint density at radius 3 is 2.31 bits per heavy atom. The maximum atomic E-state index is 12.6. The standard InChI is InChI=1S/C21H18BrNO3/c1-25-20-18(22)12-16(21(24)23-17-10-6-3-7-11-17)13-19(20)26-14-15-8-4-2-5-9-15/h2-13H,14H2,1H3,(H,23,24). The van der Waals surface area contributed by atoms with Crippen LogP contribution in [0.2, 0.25) is 0 Å². The molecule has 1 amide bonds.